The minimum Gasteiger partial charge on any atom is -0.364 e. The Labute approximate surface area is 152 Å². The molecule has 0 bridgehead atoms. The zero-order valence-corrected chi connectivity index (χ0v) is 14.9. The fraction of sp³-hybridized carbons (Fsp3) is 0.316. The zero-order chi connectivity index (χ0) is 17.2. The Morgan fingerprint density at radius 3 is 2.76 bits per heavy atom. The summed E-state index contributed by atoms with van der Waals surface area (Å²) in [6.45, 7) is 2.17. The molecule has 0 spiro atoms. The molecule has 1 aliphatic rings. The average Bonchev–Trinajstić information content (AvgIpc) is 2.63. The summed E-state index contributed by atoms with van der Waals surface area (Å²) < 4.78 is 0. The molecule has 1 saturated heterocycles. The van der Waals surface area contributed by atoms with E-state index in [1.54, 1.807) is 6.20 Å². The Kier molecular flexibility index (Phi) is 4.51. The van der Waals surface area contributed by atoms with E-state index in [2.05, 4.69) is 32.4 Å². The highest BCUT2D eigenvalue weighted by Crippen LogP contribution is 2.30. The van der Waals surface area contributed by atoms with E-state index < -0.39 is 0 Å². The van der Waals surface area contributed by atoms with Crippen LogP contribution in [0.15, 0.2) is 42.7 Å². The normalized spacial score (nSPS) is 18.4. The predicted octanol–water partition coefficient (Wildman–Crippen LogP) is 3.85. The predicted molar refractivity (Wildman–Crippen MR) is 102 cm³/mol. The lowest BCUT2D eigenvalue weighted by Crippen LogP contribution is -2.40. The van der Waals surface area contributed by atoms with Crippen molar-refractivity contribution < 1.29 is 0 Å². The highest BCUT2D eigenvalue weighted by molar-refractivity contribution is 6.30. The number of hydrogen-bond acceptors (Lipinski definition) is 5. The topological polar surface area (TPSA) is 53.9 Å². The molecular formula is C19H20ClN5. The van der Waals surface area contributed by atoms with E-state index in [1.807, 2.05) is 36.5 Å². The third-order valence-corrected chi connectivity index (χ3v) is 4.92. The van der Waals surface area contributed by atoms with E-state index in [-0.39, 0.29) is 0 Å². The number of rotatable bonds is 3. The number of fused-ring (bicyclic) bond motifs is 1. The van der Waals surface area contributed by atoms with Crippen LogP contribution in [0.1, 0.15) is 12.8 Å². The summed E-state index contributed by atoms with van der Waals surface area (Å²) >= 11 is 6.00. The number of halogens is 1. The van der Waals surface area contributed by atoms with Gasteiger partial charge >= 0.3 is 0 Å². The van der Waals surface area contributed by atoms with E-state index in [0.29, 0.717) is 11.1 Å². The van der Waals surface area contributed by atoms with Crippen LogP contribution in [0, 0.1) is 0 Å². The van der Waals surface area contributed by atoms with Gasteiger partial charge in [-0.1, -0.05) is 23.7 Å². The number of pyridine rings is 1. The molecule has 1 N–H and O–H groups in total. The Balaban J connectivity index is 1.73. The molecular weight excluding hydrogens is 334 g/mol. The quantitative estimate of drug-likeness (QED) is 0.775. The fourth-order valence-electron chi connectivity index (χ4n) is 3.40. The van der Waals surface area contributed by atoms with Crippen LogP contribution in [0.2, 0.25) is 5.02 Å². The van der Waals surface area contributed by atoms with Crippen LogP contribution in [0.5, 0.6) is 0 Å². The van der Waals surface area contributed by atoms with Gasteiger partial charge in [-0.05, 0) is 44.6 Å². The van der Waals surface area contributed by atoms with Gasteiger partial charge in [0.1, 0.15) is 5.69 Å². The van der Waals surface area contributed by atoms with Gasteiger partial charge in [0, 0.05) is 46.3 Å². The minimum atomic E-state index is 0.387. The molecule has 0 saturated carbocycles. The first-order valence-corrected chi connectivity index (χ1v) is 8.90. The van der Waals surface area contributed by atoms with Crippen LogP contribution in [0.3, 0.4) is 0 Å². The zero-order valence-electron chi connectivity index (χ0n) is 14.1. The number of likely N-dealkylation sites (tertiary alicyclic amines) is 1. The number of benzene rings is 1. The number of nitrogens with zero attached hydrogens (tertiary/aromatic N) is 4. The van der Waals surface area contributed by atoms with E-state index in [0.717, 1.165) is 47.4 Å². The Morgan fingerprint density at radius 1 is 1.12 bits per heavy atom. The molecule has 1 aliphatic heterocycles. The largest absolute Gasteiger partial charge is 0.364 e. The van der Waals surface area contributed by atoms with Crippen LogP contribution in [0.4, 0.5) is 5.82 Å². The van der Waals surface area contributed by atoms with Gasteiger partial charge in [-0.15, -0.1) is 10.2 Å². The lowest BCUT2D eigenvalue weighted by Gasteiger charge is -2.30. The molecule has 3 heterocycles. The summed E-state index contributed by atoms with van der Waals surface area (Å²) in [6, 6.07) is 10.1. The molecule has 5 nitrogen and oxygen atoms in total. The summed E-state index contributed by atoms with van der Waals surface area (Å²) in [4.78, 5) is 6.64. The van der Waals surface area contributed by atoms with Gasteiger partial charge < -0.3 is 10.2 Å². The third-order valence-electron chi connectivity index (χ3n) is 4.66. The van der Waals surface area contributed by atoms with Crippen LogP contribution >= 0.6 is 11.6 Å². The van der Waals surface area contributed by atoms with Crippen molar-refractivity contribution >= 4 is 28.2 Å². The van der Waals surface area contributed by atoms with Crippen molar-refractivity contribution in [1.29, 1.82) is 0 Å². The Hall–Kier alpha value is -2.24. The monoisotopic (exact) mass is 353 g/mol. The van der Waals surface area contributed by atoms with E-state index in [1.165, 1.54) is 6.42 Å². The highest BCUT2D eigenvalue weighted by atomic mass is 35.5. The average molecular weight is 354 g/mol. The first kappa shape index (κ1) is 16.2. The smallest absolute Gasteiger partial charge is 0.158 e. The maximum atomic E-state index is 6.00. The highest BCUT2D eigenvalue weighted by Gasteiger charge is 2.19. The van der Waals surface area contributed by atoms with Gasteiger partial charge in [-0.25, -0.2) is 0 Å². The van der Waals surface area contributed by atoms with E-state index in [9.17, 15) is 0 Å². The van der Waals surface area contributed by atoms with E-state index in [4.69, 9.17) is 11.6 Å². The standard InChI is InChI=1S/C19H20ClN5/c1-25-10-2-3-15(12-25)22-19-17-11-21-9-8-16(17)18(23-24-19)13-4-6-14(20)7-5-13/h4-9,11,15H,2-3,10,12H2,1H3,(H,22,24)/t15-/m0/s1. The van der Waals surface area contributed by atoms with Crippen LogP contribution in [-0.4, -0.2) is 46.3 Å². The molecule has 4 rings (SSSR count). The molecule has 0 radical (unpaired) electrons. The molecule has 0 aliphatic carbocycles. The van der Waals surface area contributed by atoms with Crippen LogP contribution in [-0.2, 0) is 0 Å². The number of hydrogen-bond donors (Lipinski definition) is 1. The maximum absolute atomic E-state index is 6.00. The molecule has 1 fully saturated rings. The Bertz CT molecular complexity index is 881. The van der Waals surface area contributed by atoms with Crippen LogP contribution in [0.25, 0.3) is 22.0 Å². The second kappa shape index (κ2) is 6.94. The number of anilines is 1. The fourth-order valence-corrected chi connectivity index (χ4v) is 3.53. The molecule has 6 heteroatoms. The van der Waals surface area contributed by atoms with Crippen molar-refractivity contribution in [1.82, 2.24) is 20.1 Å². The summed E-state index contributed by atoms with van der Waals surface area (Å²) in [6.07, 6.45) is 5.99. The van der Waals surface area contributed by atoms with Gasteiger partial charge in [0.05, 0.1) is 0 Å². The molecule has 2 aromatic heterocycles. The summed E-state index contributed by atoms with van der Waals surface area (Å²) in [7, 11) is 2.16. The van der Waals surface area contributed by atoms with Crippen molar-refractivity contribution in [3.8, 4) is 11.3 Å². The second-order valence-electron chi connectivity index (χ2n) is 6.57. The van der Waals surface area contributed by atoms with Crippen molar-refractivity contribution in [2.75, 3.05) is 25.5 Å². The summed E-state index contributed by atoms with van der Waals surface area (Å²) in [5, 5.41) is 15.3. The van der Waals surface area contributed by atoms with Gasteiger partial charge in [-0.2, -0.15) is 0 Å². The van der Waals surface area contributed by atoms with Crippen molar-refractivity contribution in [3.63, 3.8) is 0 Å². The molecule has 1 atom stereocenters. The molecule has 1 aromatic carbocycles. The summed E-state index contributed by atoms with van der Waals surface area (Å²) in [5.41, 5.74) is 1.84. The first-order chi connectivity index (χ1) is 12.2. The maximum Gasteiger partial charge on any atom is 0.158 e. The summed E-state index contributed by atoms with van der Waals surface area (Å²) in [5.74, 6) is 0.807. The minimum absolute atomic E-state index is 0.387. The lowest BCUT2D eigenvalue weighted by molar-refractivity contribution is 0.261. The lowest BCUT2D eigenvalue weighted by atomic mass is 10.0. The molecule has 3 aromatic rings. The van der Waals surface area contributed by atoms with Crippen LogP contribution < -0.4 is 5.32 Å². The van der Waals surface area contributed by atoms with Gasteiger partial charge in [0.2, 0.25) is 0 Å². The van der Waals surface area contributed by atoms with Gasteiger partial charge in [0.25, 0.3) is 0 Å². The number of nitrogens with one attached hydrogen (secondary N) is 1. The van der Waals surface area contributed by atoms with Gasteiger partial charge in [0.15, 0.2) is 5.82 Å². The van der Waals surface area contributed by atoms with Gasteiger partial charge in [-0.3, -0.25) is 4.98 Å². The van der Waals surface area contributed by atoms with Crippen molar-refractivity contribution in [3.05, 3.63) is 47.7 Å². The van der Waals surface area contributed by atoms with Crippen molar-refractivity contribution in [2.45, 2.75) is 18.9 Å². The SMILES string of the molecule is CN1CCC[C@H](Nc2nnc(-c3ccc(Cl)cc3)c3ccncc23)C1. The van der Waals surface area contributed by atoms with Crippen molar-refractivity contribution in [2.24, 2.45) is 0 Å². The Morgan fingerprint density at radius 2 is 1.96 bits per heavy atom. The molecule has 0 unspecified atom stereocenters. The molecule has 25 heavy (non-hydrogen) atoms. The number of likely N-dealkylation sites (N-methyl/N-ethyl adjacent to an activating group) is 1. The number of aromatic nitrogens is 3. The molecule has 128 valence electrons. The molecule has 0 amide bonds. The van der Waals surface area contributed by atoms with E-state index >= 15 is 0 Å². The number of piperidine rings is 1. The third kappa shape index (κ3) is 3.43. The first-order valence-electron chi connectivity index (χ1n) is 8.52. The second-order valence-corrected chi connectivity index (χ2v) is 7.01.